The number of amidine groups is 1. The summed E-state index contributed by atoms with van der Waals surface area (Å²) in [6, 6.07) is 11.2. The Kier molecular flexibility index (Phi) is 6.62. The zero-order valence-electron chi connectivity index (χ0n) is 14.6. The van der Waals surface area contributed by atoms with Crippen molar-refractivity contribution in [1.82, 2.24) is 5.32 Å². The fraction of sp³-hybridized carbons (Fsp3) is 0.158. The topological polar surface area (TPSA) is 59.9 Å². The van der Waals surface area contributed by atoms with Crippen molar-refractivity contribution in [2.24, 2.45) is 4.99 Å². The van der Waals surface area contributed by atoms with Crippen LogP contribution in [-0.2, 0) is 4.79 Å². The van der Waals surface area contributed by atoms with Crippen molar-refractivity contribution in [3.05, 3.63) is 55.8 Å². The van der Waals surface area contributed by atoms with Crippen LogP contribution in [0.25, 0.3) is 6.08 Å². The third-order valence-electron chi connectivity index (χ3n) is 3.55. The van der Waals surface area contributed by atoms with Gasteiger partial charge in [0.15, 0.2) is 5.17 Å². The summed E-state index contributed by atoms with van der Waals surface area (Å²) >= 11 is 8.24. The van der Waals surface area contributed by atoms with Crippen LogP contribution < -0.4 is 14.8 Å². The largest absolute Gasteiger partial charge is 0.494 e. The Morgan fingerprint density at radius 2 is 1.85 bits per heavy atom. The van der Waals surface area contributed by atoms with Gasteiger partial charge >= 0.3 is 0 Å². The van der Waals surface area contributed by atoms with Gasteiger partial charge in [-0.25, -0.2) is 4.99 Å². The Bertz CT molecular complexity index is 904. The van der Waals surface area contributed by atoms with Gasteiger partial charge in [0.25, 0.3) is 5.91 Å². The Labute approximate surface area is 178 Å². The molecule has 0 aliphatic carbocycles. The van der Waals surface area contributed by atoms with E-state index in [4.69, 9.17) is 9.47 Å². The van der Waals surface area contributed by atoms with Gasteiger partial charge in [-0.05, 0) is 98.6 Å². The van der Waals surface area contributed by atoms with E-state index in [1.54, 1.807) is 7.11 Å². The molecule has 1 heterocycles. The van der Waals surface area contributed by atoms with E-state index in [0.29, 0.717) is 22.4 Å². The molecular formula is C19H16Br2N2O3S. The summed E-state index contributed by atoms with van der Waals surface area (Å²) in [5.74, 6) is 1.33. The Hall–Kier alpha value is -1.77. The van der Waals surface area contributed by atoms with Crippen molar-refractivity contribution >= 4 is 66.5 Å². The quantitative estimate of drug-likeness (QED) is 0.537. The normalized spacial score (nSPS) is 16.7. The molecule has 140 valence electrons. The number of nitrogens with zero attached hydrogens (tertiary/aromatic N) is 1. The Morgan fingerprint density at radius 1 is 1.19 bits per heavy atom. The minimum Gasteiger partial charge on any atom is -0.494 e. The highest BCUT2D eigenvalue weighted by Gasteiger charge is 2.24. The molecule has 0 unspecified atom stereocenters. The van der Waals surface area contributed by atoms with E-state index in [-0.39, 0.29) is 5.91 Å². The molecule has 1 saturated heterocycles. The zero-order valence-corrected chi connectivity index (χ0v) is 18.6. The first-order chi connectivity index (χ1) is 13.0. The Morgan fingerprint density at radius 3 is 2.44 bits per heavy atom. The van der Waals surface area contributed by atoms with Gasteiger partial charge in [0.05, 0.1) is 33.3 Å². The van der Waals surface area contributed by atoms with Gasteiger partial charge < -0.3 is 14.8 Å². The lowest BCUT2D eigenvalue weighted by Gasteiger charge is -2.07. The molecule has 0 saturated carbocycles. The van der Waals surface area contributed by atoms with Gasteiger partial charge in [-0.1, -0.05) is 0 Å². The number of ether oxygens (including phenoxy) is 2. The lowest BCUT2D eigenvalue weighted by atomic mass is 10.2. The summed E-state index contributed by atoms with van der Waals surface area (Å²) in [5.41, 5.74) is 1.62. The van der Waals surface area contributed by atoms with Gasteiger partial charge in [-0.2, -0.15) is 0 Å². The fourth-order valence-corrected chi connectivity index (χ4v) is 4.78. The first-order valence-electron chi connectivity index (χ1n) is 8.05. The molecule has 2 aromatic rings. The molecule has 8 heteroatoms. The van der Waals surface area contributed by atoms with Crippen molar-refractivity contribution in [1.29, 1.82) is 0 Å². The van der Waals surface area contributed by atoms with Gasteiger partial charge in [0, 0.05) is 0 Å². The summed E-state index contributed by atoms with van der Waals surface area (Å²) in [6.07, 6.45) is 1.82. The molecule has 5 nitrogen and oxygen atoms in total. The van der Waals surface area contributed by atoms with Gasteiger partial charge in [-0.15, -0.1) is 0 Å². The van der Waals surface area contributed by atoms with Crippen molar-refractivity contribution in [2.75, 3.05) is 13.7 Å². The summed E-state index contributed by atoms with van der Waals surface area (Å²) in [6.45, 7) is 2.55. The Balaban J connectivity index is 1.80. The van der Waals surface area contributed by atoms with Crippen LogP contribution in [0.1, 0.15) is 12.5 Å². The molecule has 0 spiro atoms. The maximum atomic E-state index is 12.3. The predicted molar refractivity (Wildman–Crippen MR) is 117 cm³/mol. The molecule has 27 heavy (non-hydrogen) atoms. The number of aliphatic imine (C=N–C) groups is 1. The molecular weight excluding hydrogens is 496 g/mol. The highest BCUT2D eigenvalue weighted by molar-refractivity contribution is 9.11. The smallest absolute Gasteiger partial charge is 0.264 e. The number of methoxy groups -OCH3 is 1. The second-order valence-electron chi connectivity index (χ2n) is 5.43. The lowest BCUT2D eigenvalue weighted by Crippen LogP contribution is -2.19. The van der Waals surface area contributed by atoms with Crippen LogP contribution in [0.2, 0.25) is 0 Å². The molecule has 1 aliphatic rings. The second kappa shape index (κ2) is 8.95. The van der Waals surface area contributed by atoms with Crippen LogP contribution in [0, 0.1) is 0 Å². The van der Waals surface area contributed by atoms with Crippen molar-refractivity contribution in [3.8, 4) is 11.5 Å². The van der Waals surface area contributed by atoms with Crippen molar-refractivity contribution in [3.63, 3.8) is 0 Å². The van der Waals surface area contributed by atoms with Crippen LogP contribution in [0.3, 0.4) is 0 Å². The van der Waals surface area contributed by atoms with Crippen LogP contribution >= 0.6 is 43.6 Å². The number of rotatable bonds is 5. The average Bonchev–Trinajstić information content (AvgIpc) is 2.96. The van der Waals surface area contributed by atoms with E-state index in [0.717, 1.165) is 25.9 Å². The third-order valence-corrected chi connectivity index (χ3v) is 5.64. The molecule has 0 atom stereocenters. The average molecular weight is 512 g/mol. The number of nitrogens with one attached hydrogen (secondary N) is 1. The molecule has 2 aromatic carbocycles. The van der Waals surface area contributed by atoms with Gasteiger partial charge in [-0.3, -0.25) is 4.79 Å². The van der Waals surface area contributed by atoms with E-state index in [2.05, 4.69) is 42.2 Å². The first-order valence-corrected chi connectivity index (χ1v) is 10.5. The number of carbonyl (C=O) groups excluding carboxylic acids is 1. The first kappa shape index (κ1) is 20.0. The number of benzene rings is 2. The van der Waals surface area contributed by atoms with E-state index >= 15 is 0 Å². The maximum Gasteiger partial charge on any atom is 0.264 e. The van der Waals surface area contributed by atoms with Crippen LogP contribution in [0.15, 0.2) is 55.2 Å². The molecule has 1 aliphatic heterocycles. The monoisotopic (exact) mass is 510 g/mol. The summed E-state index contributed by atoms with van der Waals surface area (Å²) in [7, 11) is 1.60. The fourth-order valence-electron chi connectivity index (χ4n) is 2.39. The number of halogens is 2. The van der Waals surface area contributed by atoms with E-state index in [1.807, 2.05) is 49.4 Å². The van der Waals surface area contributed by atoms with Crippen LogP contribution in [0.4, 0.5) is 5.69 Å². The molecule has 1 N–H and O–H groups in total. The molecule has 0 bridgehead atoms. The summed E-state index contributed by atoms with van der Waals surface area (Å²) < 4.78 is 12.3. The van der Waals surface area contributed by atoms with Gasteiger partial charge in [0.2, 0.25) is 0 Å². The van der Waals surface area contributed by atoms with Crippen molar-refractivity contribution < 1.29 is 14.3 Å². The number of amides is 1. The minimum atomic E-state index is -0.173. The number of hydrogen-bond donors (Lipinski definition) is 1. The lowest BCUT2D eigenvalue weighted by molar-refractivity contribution is -0.115. The maximum absolute atomic E-state index is 12.3. The standard InChI is InChI=1S/C19H16Br2N2O3S/c1-3-26-13-6-4-12(5-7-13)22-19-23-18(24)16(27-19)10-11-8-14(20)17(25-2)15(21)9-11/h4-10H,3H2,1-2H3,(H,22,23,24). The van der Waals surface area contributed by atoms with Crippen molar-refractivity contribution in [2.45, 2.75) is 6.92 Å². The number of thioether (sulfide) groups is 1. The van der Waals surface area contributed by atoms with E-state index in [9.17, 15) is 4.79 Å². The molecule has 0 aromatic heterocycles. The number of hydrogen-bond acceptors (Lipinski definition) is 5. The van der Waals surface area contributed by atoms with Gasteiger partial charge in [0.1, 0.15) is 11.5 Å². The van der Waals surface area contributed by atoms with Crippen LogP contribution in [0.5, 0.6) is 11.5 Å². The predicted octanol–water partition coefficient (Wildman–Crippen LogP) is 5.51. The molecule has 1 amide bonds. The molecule has 0 radical (unpaired) electrons. The highest BCUT2D eigenvalue weighted by atomic mass is 79.9. The minimum absolute atomic E-state index is 0.173. The second-order valence-corrected chi connectivity index (χ2v) is 8.17. The zero-order chi connectivity index (χ0) is 19.4. The van der Waals surface area contributed by atoms with E-state index < -0.39 is 0 Å². The van der Waals surface area contributed by atoms with E-state index in [1.165, 1.54) is 11.8 Å². The summed E-state index contributed by atoms with van der Waals surface area (Å²) in [5, 5.41) is 3.33. The highest BCUT2D eigenvalue weighted by Crippen LogP contribution is 2.36. The van der Waals surface area contributed by atoms with Crippen LogP contribution in [-0.4, -0.2) is 24.8 Å². The molecule has 1 fully saturated rings. The third kappa shape index (κ3) is 4.94. The number of carbonyl (C=O) groups is 1. The summed E-state index contributed by atoms with van der Waals surface area (Å²) in [4.78, 5) is 17.3. The SMILES string of the molecule is CCOc1ccc(N=C2NC(=O)C(=Cc3cc(Br)c(OC)c(Br)c3)S2)cc1. The molecule has 3 rings (SSSR count).